The molecule has 1 saturated carbocycles. The molecule has 1 aliphatic rings. The molecule has 0 unspecified atom stereocenters. The predicted octanol–water partition coefficient (Wildman–Crippen LogP) is 2.04. The van der Waals surface area contributed by atoms with Gasteiger partial charge < -0.3 is 19.9 Å². The summed E-state index contributed by atoms with van der Waals surface area (Å²) in [5.74, 6) is 0.796. The van der Waals surface area contributed by atoms with Crippen LogP contribution in [0.2, 0.25) is 0 Å². The maximum atomic E-state index is 9.59. The van der Waals surface area contributed by atoms with Crippen LogP contribution in [0.15, 0.2) is 24.3 Å². The fourth-order valence-corrected chi connectivity index (χ4v) is 2.47. The van der Waals surface area contributed by atoms with Crippen molar-refractivity contribution < 1.29 is 14.6 Å². The molecule has 0 aromatic heterocycles. The van der Waals surface area contributed by atoms with Gasteiger partial charge in [-0.2, -0.15) is 0 Å². The van der Waals surface area contributed by atoms with Crippen molar-refractivity contribution in [1.29, 1.82) is 0 Å². The quantitative estimate of drug-likeness (QED) is 0.812. The van der Waals surface area contributed by atoms with Gasteiger partial charge in [-0.15, -0.1) is 0 Å². The van der Waals surface area contributed by atoms with E-state index in [1.807, 2.05) is 31.2 Å². The Bertz CT molecular complexity index is 388. The van der Waals surface area contributed by atoms with E-state index >= 15 is 0 Å². The number of hydrogen-bond acceptors (Lipinski definition) is 4. The van der Waals surface area contributed by atoms with Crippen LogP contribution in [0.4, 0.5) is 5.69 Å². The first kappa shape index (κ1) is 13.2. The summed E-state index contributed by atoms with van der Waals surface area (Å²) in [7, 11) is 1.65. The molecule has 4 heteroatoms. The summed E-state index contributed by atoms with van der Waals surface area (Å²) in [5.41, 5.74) is 0.651. The minimum Gasteiger partial charge on any atom is -0.495 e. The highest BCUT2D eigenvalue weighted by atomic mass is 16.5. The van der Waals surface area contributed by atoms with Gasteiger partial charge in [0.1, 0.15) is 5.75 Å². The van der Waals surface area contributed by atoms with Crippen molar-refractivity contribution in [2.24, 2.45) is 0 Å². The molecule has 0 heterocycles. The molecule has 0 aliphatic heterocycles. The molecular weight excluding hydrogens is 230 g/mol. The summed E-state index contributed by atoms with van der Waals surface area (Å²) < 4.78 is 10.9. The Hall–Kier alpha value is -1.26. The molecule has 1 aromatic carbocycles. The lowest BCUT2D eigenvalue weighted by Gasteiger charge is -2.47. The number of rotatable bonds is 6. The smallest absolute Gasteiger partial charge is 0.141 e. The van der Waals surface area contributed by atoms with Crippen molar-refractivity contribution in [2.45, 2.75) is 31.4 Å². The van der Waals surface area contributed by atoms with Crippen molar-refractivity contribution in [2.75, 3.05) is 25.6 Å². The Labute approximate surface area is 108 Å². The minimum atomic E-state index is -0.269. The summed E-state index contributed by atoms with van der Waals surface area (Å²) in [5, 5.41) is 13.0. The molecule has 1 aliphatic carbocycles. The number of aliphatic hydroxyl groups is 1. The van der Waals surface area contributed by atoms with Crippen molar-refractivity contribution in [1.82, 2.24) is 0 Å². The fourth-order valence-electron chi connectivity index (χ4n) is 2.47. The van der Waals surface area contributed by atoms with E-state index < -0.39 is 0 Å². The van der Waals surface area contributed by atoms with E-state index in [0.717, 1.165) is 30.9 Å². The van der Waals surface area contributed by atoms with Crippen LogP contribution < -0.4 is 10.1 Å². The van der Waals surface area contributed by atoms with Gasteiger partial charge in [0.05, 0.1) is 31.0 Å². The number of benzene rings is 1. The molecular formula is C14H21NO3. The summed E-state index contributed by atoms with van der Waals surface area (Å²) in [6, 6.07) is 7.75. The van der Waals surface area contributed by atoms with E-state index in [1.165, 1.54) is 0 Å². The average molecular weight is 251 g/mol. The molecule has 18 heavy (non-hydrogen) atoms. The molecule has 2 N–H and O–H groups in total. The first-order chi connectivity index (χ1) is 8.73. The molecule has 0 saturated heterocycles. The van der Waals surface area contributed by atoms with Gasteiger partial charge in [-0.1, -0.05) is 12.1 Å². The van der Waals surface area contributed by atoms with Gasteiger partial charge in [0.2, 0.25) is 0 Å². The van der Waals surface area contributed by atoms with Crippen LogP contribution in [-0.4, -0.2) is 37.1 Å². The SMILES string of the molecule is CCOC1CC(CO)(Nc2ccccc2OC)C1. The lowest BCUT2D eigenvalue weighted by Crippen LogP contribution is -2.56. The zero-order chi connectivity index (χ0) is 13.0. The number of ether oxygens (including phenoxy) is 2. The van der Waals surface area contributed by atoms with Gasteiger partial charge in [-0.25, -0.2) is 0 Å². The molecule has 0 spiro atoms. The fraction of sp³-hybridized carbons (Fsp3) is 0.571. The molecule has 2 rings (SSSR count). The van der Waals surface area contributed by atoms with Crippen LogP contribution in [0.25, 0.3) is 0 Å². The molecule has 0 radical (unpaired) electrons. The molecule has 100 valence electrons. The van der Waals surface area contributed by atoms with Crippen molar-refractivity contribution in [3.8, 4) is 5.75 Å². The van der Waals surface area contributed by atoms with Crippen molar-refractivity contribution >= 4 is 5.69 Å². The number of hydrogen-bond donors (Lipinski definition) is 2. The summed E-state index contributed by atoms with van der Waals surface area (Å²) >= 11 is 0. The molecule has 4 nitrogen and oxygen atoms in total. The van der Waals surface area contributed by atoms with Crippen LogP contribution in [0.3, 0.4) is 0 Å². The second kappa shape index (κ2) is 5.59. The monoisotopic (exact) mass is 251 g/mol. The van der Waals surface area contributed by atoms with Gasteiger partial charge in [0.25, 0.3) is 0 Å². The van der Waals surface area contributed by atoms with Gasteiger partial charge in [-0.05, 0) is 31.9 Å². The predicted molar refractivity (Wildman–Crippen MR) is 71.1 cm³/mol. The van der Waals surface area contributed by atoms with E-state index in [1.54, 1.807) is 7.11 Å². The largest absolute Gasteiger partial charge is 0.495 e. The zero-order valence-corrected chi connectivity index (χ0v) is 11.0. The Kier molecular flexibility index (Phi) is 4.09. The highest BCUT2D eigenvalue weighted by Gasteiger charge is 2.44. The molecule has 0 bridgehead atoms. The second-order valence-electron chi connectivity index (χ2n) is 4.75. The molecule has 1 aromatic rings. The van der Waals surface area contributed by atoms with E-state index in [2.05, 4.69) is 5.32 Å². The van der Waals surface area contributed by atoms with Crippen LogP contribution in [0.5, 0.6) is 5.75 Å². The van der Waals surface area contributed by atoms with Gasteiger partial charge >= 0.3 is 0 Å². The van der Waals surface area contributed by atoms with E-state index in [-0.39, 0.29) is 18.2 Å². The van der Waals surface area contributed by atoms with Gasteiger partial charge in [0, 0.05) is 6.61 Å². The van der Waals surface area contributed by atoms with Crippen LogP contribution >= 0.6 is 0 Å². The number of methoxy groups -OCH3 is 1. The zero-order valence-electron chi connectivity index (χ0n) is 11.0. The third kappa shape index (κ3) is 2.60. The lowest BCUT2D eigenvalue weighted by molar-refractivity contribution is -0.0459. The number of anilines is 1. The Balaban J connectivity index is 2.03. The standard InChI is InChI=1S/C14H21NO3/c1-3-18-11-8-14(9-11,10-16)15-12-6-4-5-7-13(12)17-2/h4-7,11,15-16H,3,8-10H2,1-2H3. The normalized spacial score (nSPS) is 26.5. The van der Waals surface area contributed by atoms with E-state index in [9.17, 15) is 5.11 Å². The minimum absolute atomic E-state index is 0.106. The van der Waals surface area contributed by atoms with E-state index in [0.29, 0.717) is 0 Å². The third-order valence-corrected chi connectivity index (χ3v) is 3.45. The first-order valence-corrected chi connectivity index (χ1v) is 6.36. The summed E-state index contributed by atoms with van der Waals surface area (Å²) in [4.78, 5) is 0. The molecule has 1 fully saturated rings. The van der Waals surface area contributed by atoms with Crippen LogP contribution in [-0.2, 0) is 4.74 Å². The van der Waals surface area contributed by atoms with Crippen LogP contribution in [0, 0.1) is 0 Å². The molecule has 0 amide bonds. The maximum Gasteiger partial charge on any atom is 0.141 e. The molecule has 0 atom stereocenters. The van der Waals surface area contributed by atoms with Gasteiger partial charge in [0.15, 0.2) is 0 Å². The average Bonchev–Trinajstić information content (AvgIpc) is 2.36. The van der Waals surface area contributed by atoms with Crippen molar-refractivity contribution in [3.05, 3.63) is 24.3 Å². The van der Waals surface area contributed by atoms with Crippen molar-refractivity contribution in [3.63, 3.8) is 0 Å². The number of aliphatic hydroxyl groups excluding tert-OH is 1. The lowest BCUT2D eigenvalue weighted by atomic mass is 9.74. The van der Waals surface area contributed by atoms with Crippen LogP contribution in [0.1, 0.15) is 19.8 Å². The highest BCUT2D eigenvalue weighted by Crippen LogP contribution is 2.39. The second-order valence-corrected chi connectivity index (χ2v) is 4.75. The highest BCUT2D eigenvalue weighted by molar-refractivity contribution is 5.58. The Morgan fingerprint density at radius 3 is 2.72 bits per heavy atom. The maximum absolute atomic E-state index is 9.59. The Morgan fingerprint density at radius 2 is 2.11 bits per heavy atom. The third-order valence-electron chi connectivity index (χ3n) is 3.45. The Morgan fingerprint density at radius 1 is 1.39 bits per heavy atom. The van der Waals surface area contributed by atoms with E-state index in [4.69, 9.17) is 9.47 Å². The number of nitrogens with one attached hydrogen (secondary N) is 1. The first-order valence-electron chi connectivity index (χ1n) is 6.36. The summed E-state index contributed by atoms with van der Waals surface area (Å²) in [6.07, 6.45) is 1.91. The topological polar surface area (TPSA) is 50.7 Å². The number of para-hydroxylation sites is 2. The summed E-state index contributed by atoms with van der Waals surface area (Å²) in [6.45, 7) is 2.82. The van der Waals surface area contributed by atoms with Gasteiger partial charge in [-0.3, -0.25) is 0 Å².